The van der Waals surface area contributed by atoms with Gasteiger partial charge in [0.25, 0.3) is 0 Å². The minimum atomic E-state index is -1.10. The Labute approximate surface area is 359 Å². The van der Waals surface area contributed by atoms with E-state index in [9.17, 15) is 14.4 Å². The molecule has 0 amide bonds. The van der Waals surface area contributed by atoms with Crippen LogP contribution in [0.5, 0.6) is 5.75 Å². The molecule has 0 unspecified atom stereocenters. The fraction of sp³-hybridized carbons (Fsp3) is 0.415. The molecule has 61 heavy (non-hydrogen) atoms. The maximum atomic E-state index is 14.7. The Bertz CT molecular complexity index is 2440. The maximum Gasteiger partial charge on any atom is 0.339 e. The van der Waals surface area contributed by atoms with Gasteiger partial charge in [0, 0.05) is 42.4 Å². The summed E-state index contributed by atoms with van der Waals surface area (Å²) in [5.74, 6) is -0.415. The number of carbonyl (C=O) groups is 2. The minimum Gasteiger partial charge on any atom is -0.483 e. The van der Waals surface area contributed by atoms with Crippen molar-refractivity contribution in [2.45, 2.75) is 116 Å². The summed E-state index contributed by atoms with van der Waals surface area (Å²) in [4.78, 5) is 42.8. The molecule has 2 bridgehead atoms. The van der Waals surface area contributed by atoms with Crippen molar-refractivity contribution in [3.05, 3.63) is 158 Å². The van der Waals surface area contributed by atoms with Crippen LogP contribution in [0.25, 0.3) is 11.0 Å². The van der Waals surface area contributed by atoms with E-state index in [2.05, 4.69) is 72.8 Å². The molecule has 0 spiro atoms. The average molecular weight is 823 g/mol. The summed E-state index contributed by atoms with van der Waals surface area (Å²) in [7, 11) is 1.59. The topological polar surface area (TPSA) is 101 Å². The fourth-order valence-corrected chi connectivity index (χ4v) is 9.82. The molecule has 0 N–H and O–H groups in total. The monoisotopic (exact) mass is 822 g/mol. The maximum absolute atomic E-state index is 14.7. The Kier molecular flexibility index (Phi) is 12.9. The van der Waals surface area contributed by atoms with E-state index in [-0.39, 0.29) is 23.8 Å². The number of hydrogen-bond acceptors (Lipinski definition) is 8. The van der Waals surface area contributed by atoms with Gasteiger partial charge >= 0.3 is 17.6 Å². The van der Waals surface area contributed by atoms with Crippen molar-refractivity contribution in [2.75, 3.05) is 13.7 Å². The van der Waals surface area contributed by atoms with Gasteiger partial charge in [0.1, 0.15) is 16.9 Å². The van der Waals surface area contributed by atoms with E-state index in [4.69, 9.17) is 23.4 Å². The Morgan fingerprint density at radius 3 is 2.26 bits per heavy atom. The largest absolute Gasteiger partial charge is 0.483 e. The second-order valence-electron chi connectivity index (χ2n) is 17.8. The Hall–Kier alpha value is -5.47. The molecule has 4 aliphatic rings. The summed E-state index contributed by atoms with van der Waals surface area (Å²) in [6.45, 7) is 6.22. The van der Waals surface area contributed by atoms with Crippen LogP contribution in [0, 0.1) is 11.8 Å². The van der Waals surface area contributed by atoms with Gasteiger partial charge in [-0.1, -0.05) is 97.3 Å². The van der Waals surface area contributed by atoms with E-state index in [1.165, 1.54) is 16.7 Å². The Balaban J connectivity index is 1.19. The van der Waals surface area contributed by atoms with Gasteiger partial charge in [-0.2, -0.15) is 0 Å². The summed E-state index contributed by atoms with van der Waals surface area (Å²) in [6.07, 6.45) is 6.49. The van der Waals surface area contributed by atoms with Crippen molar-refractivity contribution in [3.8, 4) is 5.75 Å². The van der Waals surface area contributed by atoms with Crippen LogP contribution in [0.15, 0.2) is 117 Å². The highest BCUT2D eigenvalue weighted by atomic mass is 16.6. The Morgan fingerprint density at radius 2 is 1.51 bits per heavy atom. The molecule has 1 aliphatic carbocycles. The number of allylic oxidation sites excluding steroid dienone is 1. The van der Waals surface area contributed by atoms with E-state index in [1.807, 2.05) is 39.0 Å². The summed E-state index contributed by atoms with van der Waals surface area (Å²) in [6, 6.07) is 33.3. The van der Waals surface area contributed by atoms with Crippen molar-refractivity contribution in [1.82, 2.24) is 0 Å². The van der Waals surface area contributed by atoms with Crippen molar-refractivity contribution in [3.63, 3.8) is 0 Å². The quantitative estimate of drug-likeness (QED) is 0.0823. The lowest BCUT2D eigenvalue weighted by Gasteiger charge is -2.48. The molecule has 3 aliphatic heterocycles. The Morgan fingerprint density at radius 1 is 0.770 bits per heavy atom. The summed E-state index contributed by atoms with van der Waals surface area (Å²) >= 11 is 0. The van der Waals surface area contributed by atoms with Gasteiger partial charge in [-0.3, -0.25) is 4.79 Å². The molecule has 0 saturated heterocycles. The number of methoxy groups -OCH3 is 1. The second kappa shape index (κ2) is 18.7. The van der Waals surface area contributed by atoms with Gasteiger partial charge in [-0.05, 0) is 124 Å². The predicted molar refractivity (Wildman–Crippen MR) is 237 cm³/mol. The van der Waals surface area contributed by atoms with Crippen LogP contribution in [-0.4, -0.2) is 37.4 Å². The van der Waals surface area contributed by atoms with E-state index >= 15 is 0 Å². The number of benzene rings is 4. The van der Waals surface area contributed by atoms with E-state index in [1.54, 1.807) is 13.2 Å². The number of fused-ring (bicyclic) bond motifs is 13. The minimum absolute atomic E-state index is 0.0305. The average Bonchev–Trinajstić information content (AvgIpc) is 3.80. The van der Waals surface area contributed by atoms with Crippen LogP contribution in [0.3, 0.4) is 0 Å². The molecule has 0 radical (unpaired) electrons. The van der Waals surface area contributed by atoms with Gasteiger partial charge in [0.15, 0.2) is 12.2 Å². The highest BCUT2D eigenvalue weighted by molar-refractivity contribution is 5.90. The molecule has 8 heteroatoms. The van der Waals surface area contributed by atoms with Crippen molar-refractivity contribution in [1.29, 1.82) is 0 Å². The summed E-state index contributed by atoms with van der Waals surface area (Å²) in [5, 5.41) is 0.658. The first-order valence-electron chi connectivity index (χ1n) is 22.1. The standard InChI is InChI=1S/C53H58O8/c1-34(2)44-25-23-35-17-19-38(20-18-35)31-40(22-21-37-13-10-14-39(30-37)29-36-11-6-5-7-12-36)32-46(54)58-49-47-45(26-24-41-33-42(27-28-57-4)51(55)59-48(41)47)61-53(3,43-15-8-9-16-43)50(49)60-52(44)56/h5-7,10-14,17-20,24,26,30,33,40,43,49-50H,8-9,15-16,21-23,25,27-29,31-32H2,1-4H3/t40-,49-,50+,53+/m1/s1. The summed E-state index contributed by atoms with van der Waals surface area (Å²) in [5.41, 5.74) is 7.09. The molecular weight excluding hydrogens is 765 g/mol. The number of carbonyl (C=O) groups excluding carboxylic acids is 2. The molecule has 5 aromatic rings. The number of aryl methyl sites for hydroxylation is 2. The van der Waals surface area contributed by atoms with E-state index in [0.717, 1.165) is 61.6 Å². The lowest BCUT2D eigenvalue weighted by Crippen LogP contribution is -2.58. The fourth-order valence-electron chi connectivity index (χ4n) is 9.82. The normalized spacial score (nSPS) is 22.3. The predicted octanol–water partition coefficient (Wildman–Crippen LogP) is 10.6. The third-order valence-electron chi connectivity index (χ3n) is 13.3. The van der Waals surface area contributed by atoms with Crippen LogP contribution in [0.1, 0.15) is 111 Å². The molecule has 318 valence electrons. The first-order chi connectivity index (χ1) is 29.6. The molecular formula is C53H58O8. The lowest BCUT2D eigenvalue weighted by atomic mass is 9.76. The molecule has 4 atom stereocenters. The van der Waals surface area contributed by atoms with Crippen LogP contribution in [0.4, 0.5) is 0 Å². The zero-order valence-corrected chi connectivity index (χ0v) is 36.0. The lowest BCUT2D eigenvalue weighted by molar-refractivity contribution is -0.199. The number of esters is 2. The van der Waals surface area contributed by atoms with Crippen LogP contribution in [-0.2, 0) is 55.9 Å². The second-order valence-corrected chi connectivity index (χ2v) is 17.8. The molecule has 8 nitrogen and oxygen atoms in total. The SMILES string of the molecule is COCCc1cc2ccc3c(c2oc1=O)[C@H]1OC(=O)C[C@H](CCc2cccc(Cc4ccccc4)c2)Cc2ccc(cc2)CCC(=C(C)C)C(=O)O[C@@H]1[C@](C)(C1CCCC1)O3. The van der Waals surface area contributed by atoms with Crippen molar-refractivity contribution < 1.29 is 33.0 Å². The van der Waals surface area contributed by atoms with E-state index in [0.29, 0.717) is 60.1 Å². The van der Waals surface area contributed by atoms with E-state index < -0.39 is 35.4 Å². The smallest absolute Gasteiger partial charge is 0.339 e. The molecule has 4 aromatic carbocycles. The number of rotatable bonds is 9. The van der Waals surface area contributed by atoms with Crippen molar-refractivity contribution in [2.24, 2.45) is 11.8 Å². The first-order valence-corrected chi connectivity index (χ1v) is 22.1. The van der Waals surface area contributed by atoms with Crippen LogP contribution < -0.4 is 10.4 Å². The molecule has 1 fully saturated rings. The van der Waals surface area contributed by atoms with Gasteiger partial charge in [0.05, 0.1) is 12.2 Å². The third kappa shape index (κ3) is 9.55. The van der Waals surface area contributed by atoms with Crippen LogP contribution >= 0.6 is 0 Å². The van der Waals surface area contributed by atoms with Gasteiger partial charge in [0.2, 0.25) is 0 Å². The molecule has 1 aromatic heterocycles. The molecule has 1 saturated carbocycles. The van der Waals surface area contributed by atoms with Gasteiger partial charge in [-0.15, -0.1) is 0 Å². The zero-order valence-electron chi connectivity index (χ0n) is 36.0. The third-order valence-corrected chi connectivity index (χ3v) is 13.3. The van der Waals surface area contributed by atoms with Gasteiger partial charge in [-0.25, -0.2) is 9.59 Å². The highest BCUT2D eigenvalue weighted by Crippen LogP contribution is 2.52. The zero-order chi connectivity index (χ0) is 42.5. The van der Waals surface area contributed by atoms with Crippen molar-refractivity contribution >= 4 is 22.9 Å². The highest BCUT2D eigenvalue weighted by Gasteiger charge is 2.57. The number of hydrogen-bond donors (Lipinski definition) is 0. The summed E-state index contributed by atoms with van der Waals surface area (Å²) < 4.78 is 31.8. The van der Waals surface area contributed by atoms with Crippen LogP contribution in [0.2, 0.25) is 0 Å². The molecule has 9 rings (SSSR count). The number of ether oxygens (including phenoxy) is 4. The molecule has 4 heterocycles. The first kappa shape index (κ1) is 42.2. The van der Waals surface area contributed by atoms with Gasteiger partial charge < -0.3 is 23.4 Å².